The highest BCUT2D eigenvalue weighted by Crippen LogP contribution is 2.38. The summed E-state index contributed by atoms with van der Waals surface area (Å²) in [4.78, 5) is 3.66. The topological polar surface area (TPSA) is 15.8 Å². The smallest absolute Gasteiger partial charge is 0.0544 e. The van der Waals surface area contributed by atoms with Crippen LogP contribution < -0.4 is 0 Å². The third-order valence-electron chi connectivity index (χ3n) is 10.4. The van der Waals surface area contributed by atoms with Gasteiger partial charge in [0.15, 0.2) is 0 Å². The first-order chi connectivity index (χ1) is 25.3. The van der Waals surface area contributed by atoms with E-state index in [0.717, 1.165) is 0 Å². The second-order valence-corrected chi connectivity index (χ2v) is 13.4. The van der Waals surface area contributed by atoms with E-state index in [1.54, 1.807) is 0 Å². The van der Waals surface area contributed by atoms with Crippen LogP contribution >= 0.6 is 0 Å². The molecule has 0 atom stereocenters. The summed E-state index contributed by atoms with van der Waals surface area (Å²) >= 11 is 0. The molecule has 0 aliphatic carbocycles. The zero-order chi connectivity index (χ0) is 33.7. The minimum absolute atomic E-state index is 1.17. The van der Waals surface area contributed by atoms with Crippen LogP contribution in [-0.2, 0) is 0 Å². The predicted octanol–water partition coefficient (Wildman–Crippen LogP) is 14.0. The van der Waals surface area contributed by atoms with Crippen molar-refractivity contribution in [2.75, 3.05) is 0 Å². The van der Waals surface area contributed by atoms with Crippen molar-refractivity contribution < 1.29 is 0 Å². The van der Waals surface area contributed by atoms with Gasteiger partial charge in [-0.05, 0) is 102 Å². The third kappa shape index (κ3) is 5.10. The molecule has 0 saturated heterocycles. The first-order valence-electron chi connectivity index (χ1n) is 17.6. The summed E-state index contributed by atoms with van der Waals surface area (Å²) in [6.45, 7) is 0. The number of hydrogen-bond acceptors (Lipinski definition) is 0. The van der Waals surface area contributed by atoms with Gasteiger partial charge in [-0.3, -0.25) is 0 Å². The molecule has 51 heavy (non-hydrogen) atoms. The molecule has 1 heteroatoms. The van der Waals surface area contributed by atoms with Crippen molar-refractivity contribution in [2.24, 2.45) is 0 Å². The largest absolute Gasteiger partial charge is 0.354 e. The van der Waals surface area contributed by atoms with Crippen LogP contribution in [0.4, 0.5) is 0 Å². The molecule has 1 aromatic heterocycles. The summed E-state index contributed by atoms with van der Waals surface area (Å²) in [6, 6.07) is 70.7. The number of fused-ring (bicyclic) bond motifs is 6. The van der Waals surface area contributed by atoms with Crippen LogP contribution in [0, 0.1) is 0 Å². The number of aromatic nitrogens is 1. The fraction of sp³-hybridized carbons (Fsp3) is 0. The Labute approximate surface area is 297 Å². The highest BCUT2D eigenvalue weighted by atomic mass is 14.7. The molecule has 0 saturated carbocycles. The van der Waals surface area contributed by atoms with Gasteiger partial charge in [0.25, 0.3) is 0 Å². The molecule has 1 nitrogen and oxygen atoms in total. The molecule has 9 aromatic carbocycles. The van der Waals surface area contributed by atoms with Gasteiger partial charge in [0, 0.05) is 21.9 Å². The van der Waals surface area contributed by atoms with E-state index >= 15 is 0 Å². The van der Waals surface area contributed by atoms with Crippen LogP contribution in [0.2, 0.25) is 0 Å². The lowest BCUT2D eigenvalue weighted by molar-refractivity contribution is 1.53. The molecule has 1 heterocycles. The Morgan fingerprint density at radius 2 is 0.745 bits per heavy atom. The lowest BCUT2D eigenvalue weighted by atomic mass is 9.91. The Kier molecular flexibility index (Phi) is 6.89. The van der Waals surface area contributed by atoms with Crippen LogP contribution in [0.3, 0.4) is 0 Å². The maximum Gasteiger partial charge on any atom is 0.0544 e. The van der Waals surface area contributed by atoms with Crippen LogP contribution in [-0.4, -0.2) is 4.98 Å². The van der Waals surface area contributed by atoms with Gasteiger partial charge in [0.2, 0.25) is 0 Å². The molecule has 0 aliphatic heterocycles. The van der Waals surface area contributed by atoms with E-state index in [1.807, 2.05) is 0 Å². The van der Waals surface area contributed by atoms with Crippen LogP contribution in [0.1, 0.15) is 0 Å². The normalized spacial score (nSPS) is 11.5. The maximum atomic E-state index is 3.66. The summed E-state index contributed by atoms with van der Waals surface area (Å²) in [7, 11) is 0. The van der Waals surface area contributed by atoms with Crippen LogP contribution in [0.5, 0.6) is 0 Å². The van der Waals surface area contributed by atoms with Gasteiger partial charge in [-0.1, -0.05) is 164 Å². The lowest BCUT2D eigenvalue weighted by Gasteiger charge is -2.13. The first-order valence-corrected chi connectivity index (χ1v) is 17.6. The molecule has 0 aliphatic rings. The van der Waals surface area contributed by atoms with Crippen molar-refractivity contribution in [1.82, 2.24) is 4.98 Å². The molecule has 10 rings (SSSR count). The SMILES string of the molecule is c1cc(-c2ccc(-c3cccc4c3[nH]c3ccccc34)cc2)cc(-c2cccc(-c3cccc(-c4cc5ccccc5c5ccccc45)c3)c2)c1. The van der Waals surface area contributed by atoms with Crippen molar-refractivity contribution >= 4 is 43.4 Å². The van der Waals surface area contributed by atoms with Gasteiger partial charge in [0.1, 0.15) is 0 Å². The Morgan fingerprint density at radius 1 is 0.255 bits per heavy atom. The lowest BCUT2D eigenvalue weighted by Crippen LogP contribution is -1.87. The summed E-state index contributed by atoms with van der Waals surface area (Å²) in [5.74, 6) is 0. The molecule has 238 valence electrons. The van der Waals surface area contributed by atoms with Crippen molar-refractivity contribution in [1.29, 1.82) is 0 Å². The zero-order valence-electron chi connectivity index (χ0n) is 28.0. The predicted molar refractivity (Wildman–Crippen MR) is 218 cm³/mol. The van der Waals surface area contributed by atoms with E-state index in [1.165, 1.54) is 99.0 Å². The molecule has 0 radical (unpaired) electrons. The van der Waals surface area contributed by atoms with Crippen molar-refractivity contribution in [2.45, 2.75) is 0 Å². The van der Waals surface area contributed by atoms with Crippen molar-refractivity contribution in [3.05, 3.63) is 194 Å². The fourth-order valence-electron chi connectivity index (χ4n) is 7.87. The number of benzene rings is 9. The molecular formula is C50H33N. The van der Waals surface area contributed by atoms with E-state index < -0.39 is 0 Å². The number of para-hydroxylation sites is 2. The number of aromatic amines is 1. The van der Waals surface area contributed by atoms with Crippen LogP contribution in [0.25, 0.3) is 99.0 Å². The average molecular weight is 648 g/mol. The number of hydrogen-bond donors (Lipinski definition) is 1. The van der Waals surface area contributed by atoms with Gasteiger partial charge in [-0.15, -0.1) is 0 Å². The Balaban J connectivity index is 0.974. The standard InChI is InChI=1S/C50H33N/c1-2-18-42-41(11-1)32-48(45-20-4-3-19-44(42)45)40-17-9-16-39(31-40)38-15-8-14-37(30-38)36-13-7-12-35(29-36)33-25-27-34(28-26-33)43-22-10-23-47-46-21-5-6-24-49(46)51-50(43)47/h1-32,51H. The van der Waals surface area contributed by atoms with Crippen LogP contribution in [0.15, 0.2) is 194 Å². The summed E-state index contributed by atoms with van der Waals surface area (Å²) < 4.78 is 0. The monoisotopic (exact) mass is 647 g/mol. The summed E-state index contributed by atoms with van der Waals surface area (Å²) in [6.07, 6.45) is 0. The Hall–Kier alpha value is -6.70. The van der Waals surface area contributed by atoms with E-state index in [-0.39, 0.29) is 0 Å². The van der Waals surface area contributed by atoms with Gasteiger partial charge >= 0.3 is 0 Å². The van der Waals surface area contributed by atoms with E-state index in [4.69, 9.17) is 0 Å². The first kappa shape index (κ1) is 29.2. The van der Waals surface area contributed by atoms with E-state index in [9.17, 15) is 0 Å². The molecule has 10 aromatic rings. The third-order valence-corrected chi connectivity index (χ3v) is 10.4. The molecule has 0 amide bonds. The van der Waals surface area contributed by atoms with Crippen molar-refractivity contribution in [3.8, 4) is 55.6 Å². The molecule has 0 fully saturated rings. The average Bonchev–Trinajstić information content (AvgIpc) is 3.60. The number of rotatable bonds is 5. The van der Waals surface area contributed by atoms with E-state index in [0.29, 0.717) is 0 Å². The number of H-pyrrole nitrogens is 1. The molecule has 0 unspecified atom stereocenters. The van der Waals surface area contributed by atoms with Crippen molar-refractivity contribution in [3.63, 3.8) is 0 Å². The number of nitrogens with one attached hydrogen (secondary N) is 1. The quantitative estimate of drug-likeness (QED) is 0.179. The molecule has 0 bridgehead atoms. The maximum absolute atomic E-state index is 3.66. The second kappa shape index (κ2) is 12.0. The fourth-order valence-corrected chi connectivity index (χ4v) is 7.87. The second-order valence-electron chi connectivity index (χ2n) is 13.4. The highest BCUT2D eigenvalue weighted by Gasteiger charge is 2.12. The van der Waals surface area contributed by atoms with Gasteiger partial charge in [-0.25, -0.2) is 0 Å². The minimum atomic E-state index is 1.17. The zero-order valence-corrected chi connectivity index (χ0v) is 28.0. The molecule has 1 N–H and O–H groups in total. The summed E-state index contributed by atoms with van der Waals surface area (Å²) in [5, 5.41) is 7.65. The van der Waals surface area contributed by atoms with E-state index in [2.05, 4.69) is 199 Å². The molecule has 0 spiro atoms. The Bertz CT molecular complexity index is 2910. The Morgan fingerprint density at radius 3 is 1.45 bits per heavy atom. The highest BCUT2D eigenvalue weighted by molar-refractivity contribution is 6.14. The molecular weight excluding hydrogens is 615 g/mol. The minimum Gasteiger partial charge on any atom is -0.354 e. The van der Waals surface area contributed by atoms with Gasteiger partial charge in [-0.2, -0.15) is 0 Å². The summed E-state index contributed by atoms with van der Waals surface area (Å²) in [5.41, 5.74) is 14.5. The van der Waals surface area contributed by atoms with Gasteiger partial charge < -0.3 is 4.98 Å². The van der Waals surface area contributed by atoms with Gasteiger partial charge in [0.05, 0.1) is 5.52 Å².